The van der Waals surface area contributed by atoms with Gasteiger partial charge in [0.2, 0.25) is 0 Å². The lowest BCUT2D eigenvalue weighted by Crippen LogP contribution is -2.10. The molecule has 0 bridgehead atoms. The first-order chi connectivity index (χ1) is 7.15. The number of carbonyl (C=O) groups excluding carboxylic acids is 1. The first-order valence-electron chi connectivity index (χ1n) is 4.46. The summed E-state index contributed by atoms with van der Waals surface area (Å²) in [5.74, 6) is 1.63. The number of nitrogens with one attached hydrogen (secondary N) is 1. The van der Waals surface area contributed by atoms with Crippen molar-refractivity contribution in [2.75, 3.05) is 5.32 Å². The Morgan fingerprint density at radius 2 is 2.13 bits per heavy atom. The van der Waals surface area contributed by atoms with Gasteiger partial charge >= 0.3 is 0 Å². The topological polar surface area (TPSA) is 68.3 Å². The largest absolute Gasteiger partial charge is 0.456 e. The predicted molar refractivity (Wildman–Crippen MR) is 52.6 cm³/mol. The lowest BCUT2D eigenvalue weighted by molar-refractivity contribution is 0.0994. The van der Waals surface area contributed by atoms with E-state index in [9.17, 15) is 4.79 Å². The minimum Gasteiger partial charge on any atom is -0.456 e. The van der Waals surface area contributed by atoms with Crippen LogP contribution in [0.2, 0.25) is 0 Å². The number of carbonyl (C=O) groups is 1. The van der Waals surface area contributed by atoms with Crippen molar-refractivity contribution in [1.29, 1.82) is 0 Å². The summed E-state index contributed by atoms with van der Waals surface area (Å²) in [6, 6.07) is 4.97. The van der Waals surface area contributed by atoms with Gasteiger partial charge in [-0.1, -0.05) is 5.16 Å². The number of furan rings is 1. The molecule has 0 saturated carbocycles. The molecule has 78 valence electrons. The van der Waals surface area contributed by atoms with Crippen LogP contribution in [0.25, 0.3) is 0 Å². The highest BCUT2D eigenvalue weighted by Gasteiger charge is 2.11. The maximum Gasteiger partial charge on any atom is 0.292 e. The van der Waals surface area contributed by atoms with E-state index < -0.39 is 0 Å². The van der Waals surface area contributed by atoms with Gasteiger partial charge in [0.1, 0.15) is 11.5 Å². The van der Waals surface area contributed by atoms with Crippen LogP contribution < -0.4 is 5.32 Å². The lowest BCUT2D eigenvalue weighted by Gasteiger charge is -1.96. The van der Waals surface area contributed by atoms with Crippen molar-refractivity contribution in [3.05, 3.63) is 35.5 Å². The molecule has 2 aromatic heterocycles. The molecule has 0 spiro atoms. The highest BCUT2D eigenvalue weighted by molar-refractivity contribution is 6.01. The number of aromatic nitrogens is 1. The van der Waals surface area contributed by atoms with Gasteiger partial charge in [-0.25, -0.2) is 0 Å². The van der Waals surface area contributed by atoms with Crippen molar-refractivity contribution in [3.8, 4) is 0 Å². The summed E-state index contributed by atoms with van der Waals surface area (Å²) in [6.45, 7) is 3.52. The Kier molecular flexibility index (Phi) is 2.29. The molecular weight excluding hydrogens is 196 g/mol. The summed E-state index contributed by atoms with van der Waals surface area (Å²) >= 11 is 0. The molecule has 1 amide bonds. The minimum atomic E-state index is -0.337. The fourth-order valence-electron chi connectivity index (χ4n) is 1.16. The Labute approximate surface area is 86.1 Å². The molecule has 5 nitrogen and oxygen atoms in total. The monoisotopic (exact) mass is 206 g/mol. The Bertz CT molecular complexity index is 484. The van der Waals surface area contributed by atoms with E-state index in [4.69, 9.17) is 8.94 Å². The van der Waals surface area contributed by atoms with Crippen molar-refractivity contribution >= 4 is 11.7 Å². The van der Waals surface area contributed by atoms with Crippen LogP contribution in [0.3, 0.4) is 0 Å². The maximum absolute atomic E-state index is 11.6. The zero-order valence-electron chi connectivity index (χ0n) is 8.40. The second-order valence-electron chi connectivity index (χ2n) is 3.19. The van der Waals surface area contributed by atoms with Crippen molar-refractivity contribution < 1.29 is 13.7 Å². The van der Waals surface area contributed by atoms with Crippen LogP contribution in [-0.4, -0.2) is 11.1 Å². The van der Waals surface area contributed by atoms with Crippen LogP contribution in [0.1, 0.15) is 22.1 Å². The van der Waals surface area contributed by atoms with Crippen molar-refractivity contribution in [1.82, 2.24) is 5.16 Å². The van der Waals surface area contributed by atoms with E-state index >= 15 is 0 Å². The molecule has 2 rings (SSSR count). The van der Waals surface area contributed by atoms with Gasteiger partial charge in [0.05, 0.1) is 0 Å². The number of amides is 1. The first-order valence-corrected chi connectivity index (χ1v) is 4.46. The molecule has 1 N–H and O–H groups in total. The van der Waals surface area contributed by atoms with Crippen molar-refractivity contribution in [2.24, 2.45) is 0 Å². The van der Waals surface area contributed by atoms with Crippen LogP contribution in [0, 0.1) is 13.8 Å². The number of anilines is 1. The van der Waals surface area contributed by atoms with Gasteiger partial charge in [0, 0.05) is 6.07 Å². The smallest absolute Gasteiger partial charge is 0.292 e. The molecule has 0 aliphatic rings. The first kappa shape index (κ1) is 9.51. The van der Waals surface area contributed by atoms with Gasteiger partial charge in [-0.15, -0.1) is 0 Å². The quantitative estimate of drug-likeness (QED) is 0.817. The molecule has 0 aliphatic heterocycles. The molecule has 0 atom stereocenters. The van der Waals surface area contributed by atoms with Gasteiger partial charge in [0.15, 0.2) is 11.6 Å². The van der Waals surface area contributed by atoms with Gasteiger partial charge in [-0.3, -0.25) is 4.79 Å². The van der Waals surface area contributed by atoms with Crippen LogP contribution in [-0.2, 0) is 0 Å². The molecule has 15 heavy (non-hydrogen) atoms. The zero-order chi connectivity index (χ0) is 10.8. The molecule has 0 unspecified atom stereocenters. The second-order valence-corrected chi connectivity index (χ2v) is 3.19. The van der Waals surface area contributed by atoms with Crippen LogP contribution in [0.15, 0.2) is 27.1 Å². The van der Waals surface area contributed by atoms with E-state index in [2.05, 4.69) is 10.5 Å². The van der Waals surface area contributed by atoms with E-state index in [1.807, 2.05) is 0 Å². The highest BCUT2D eigenvalue weighted by Crippen LogP contribution is 2.11. The average Bonchev–Trinajstić information content (AvgIpc) is 2.75. The van der Waals surface area contributed by atoms with E-state index in [0.717, 1.165) is 0 Å². The standard InChI is InChI=1S/C10H10N2O3/c1-6-3-4-8(14-6)10(13)11-9-5-7(2)15-12-9/h3-5H,1-2H3,(H,11,12,13). The molecule has 0 aromatic carbocycles. The van der Waals surface area contributed by atoms with Gasteiger partial charge < -0.3 is 14.3 Å². The van der Waals surface area contributed by atoms with Gasteiger partial charge in [-0.2, -0.15) is 0 Å². The molecule has 0 saturated heterocycles. The zero-order valence-corrected chi connectivity index (χ0v) is 8.40. The van der Waals surface area contributed by atoms with E-state index in [-0.39, 0.29) is 11.7 Å². The number of nitrogens with zero attached hydrogens (tertiary/aromatic N) is 1. The summed E-state index contributed by atoms with van der Waals surface area (Å²) in [5, 5.41) is 6.19. The van der Waals surface area contributed by atoms with Crippen molar-refractivity contribution in [2.45, 2.75) is 13.8 Å². The summed E-state index contributed by atoms with van der Waals surface area (Å²) in [5.41, 5.74) is 0. The molecule has 2 heterocycles. The van der Waals surface area contributed by atoms with Crippen LogP contribution >= 0.6 is 0 Å². The van der Waals surface area contributed by atoms with Crippen molar-refractivity contribution in [3.63, 3.8) is 0 Å². The van der Waals surface area contributed by atoms with Gasteiger partial charge in [-0.05, 0) is 26.0 Å². The Hall–Kier alpha value is -2.04. The summed E-state index contributed by atoms with van der Waals surface area (Å²) in [7, 11) is 0. The highest BCUT2D eigenvalue weighted by atomic mass is 16.5. The van der Waals surface area contributed by atoms with Crippen LogP contribution in [0.5, 0.6) is 0 Å². The van der Waals surface area contributed by atoms with E-state index in [1.165, 1.54) is 0 Å². The fraction of sp³-hybridized carbons (Fsp3) is 0.200. The van der Waals surface area contributed by atoms with E-state index in [1.54, 1.807) is 32.0 Å². The third-order valence-electron chi connectivity index (χ3n) is 1.83. The SMILES string of the molecule is Cc1cc(NC(=O)c2ccc(C)o2)no1. The second kappa shape index (κ2) is 3.61. The summed E-state index contributed by atoms with van der Waals surface area (Å²) < 4.78 is 9.96. The lowest BCUT2D eigenvalue weighted by atomic mass is 10.4. The number of hydrogen-bond donors (Lipinski definition) is 1. The number of rotatable bonds is 2. The molecule has 0 fully saturated rings. The normalized spacial score (nSPS) is 10.3. The number of aryl methyl sites for hydroxylation is 2. The number of hydrogen-bond acceptors (Lipinski definition) is 4. The average molecular weight is 206 g/mol. The van der Waals surface area contributed by atoms with Crippen LogP contribution in [0.4, 0.5) is 5.82 Å². The fourth-order valence-corrected chi connectivity index (χ4v) is 1.16. The maximum atomic E-state index is 11.6. The summed E-state index contributed by atoms with van der Waals surface area (Å²) in [6.07, 6.45) is 0. The van der Waals surface area contributed by atoms with E-state index in [0.29, 0.717) is 17.3 Å². The third kappa shape index (κ3) is 2.07. The van der Waals surface area contributed by atoms with Gasteiger partial charge in [0.25, 0.3) is 5.91 Å². The summed E-state index contributed by atoms with van der Waals surface area (Å²) in [4.78, 5) is 11.6. The molecule has 0 aliphatic carbocycles. The third-order valence-corrected chi connectivity index (χ3v) is 1.83. The predicted octanol–water partition coefficient (Wildman–Crippen LogP) is 2.14. The molecule has 2 aromatic rings. The molecule has 0 radical (unpaired) electrons. The minimum absolute atomic E-state index is 0.258. The molecule has 5 heteroatoms. The Balaban J connectivity index is 2.10. The Morgan fingerprint density at radius 3 is 2.67 bits per heavy atom. The molecular formula is C10H10N2O3. The Morgan fingerprint density at radius 1 is 1.33 bits per heavy atom.